The second-order valence-electron chi connectivity index (χ2n) is 6.93. The van der Waals surface area contributed by atoms with Crippen LogP contribution in [0.3, 0.4) is 0 Å². The average molecular weight is 400 g/mol. The Kier molecular flexibility index (Phi) is 7.00. The number of hydrogen-bond donors (Lipinski definition) is 1. The van der Waals surface area contributed by atoms with E-state index in [0.717, 1.165) is 16.8 Å². The highest BCUT2D eigenvalue weighted by molar-refractivity contribution is 6.03. The molecule has 0 aromatic heterocycles. The highest BCUT2D eigenvalue weighted by Crippen LogP contribution is 2.15. The number of benzene rings is 3. The van der Waals surface area contributed by atoms with Crippen molar-refractivity contribution in [2.45, 2.75) is 6.61 Å². The molecule has 0 radical (unpaired) electrons. The zero-order valence-electron chi connectivity index (χ0n) is 17.0. The molecule has 5 heteroatoms. The maximum Gasteiger partial charge on any atom is 0.355 e. The monoisotopic (exact) mass is 400 g/mol. The molecule has 0 bridgehead atoms. The van der Waals surface area contributed by atoms with E-state index in [9.17, 15) is 9.59 Å². The molecule has 0 saturated heterocycles. The minimum Gasteiger partial charge on any atom is -0.456 e. The highest BCUT2D eigenvalue weighted by atomic mass is 16.5. The van der Waals surface area contributed by atoms with Crippen LogP contribution in [0.5, 0.6) is 0 Å². The Hall–Kier alpha value is -3.86. The van der Waals surface area contributed by atoms with E-state index in [4.69, 9.17) is 4.74 Å². The van der Waals surface area contributed by atoms with E-state index in [1.165, 1.54) is 0 Å². The Balaban J connectivity index is 1.81. The summed E-state index contributed by atoms with van der Waals surface area (Å²) in [5.74, 6) is -0.969. The van der Waals surface area contributed by atoms with E-state index in [-0.39, 0.29) is 18.2 Å². The number of hydrogen-bond acceptors (Lipinski definition) is 4. The summed E-state index contributed by atoms with van der Waals surface area (Å²) in [6.45, 7) is 0.123. The van der Waals surface area contributed by atoms with Gasteiger partial charge in [-0.25, -0.2) is 4.79 Å². The van der Waals surface area contributed by atoms with Crippen molar-refractivity contribution in [2.75, 3.05) is 19.0 Å². The van der Waals surface area contributed by atoms with Crippen LogP contribution in [0.2, 0.25) is 0 Å². The standard InChI is InChI=1S/C25H24N2O3/c1-27(2)22-15-13-19(14-16-22)17-23(26-24(28)21-11-7-4-8-12-21)25(29)30-18-20-9-5-3-6-10-20/h3-17H,18H2,1-2H3,(H,26,28)/b23-17+. The van der Waals surface area contributed by atoms with Crippen LogP contribution in [-0.4, -0.2) is 26.0 Å². The number of anilines is 1. The van der Waals surface area contributed by atoms with Crippen LogP contribution in [0.1, 0.15) is 21.5 Å². The molecule has 0 spiro atoms. The number of nitrogens with one attached hydrogen (secondary N) is 1. The van der Waals surface area contributed by atoms with Gasteiger partial charge in [-0.3, -0.25) is 4.79 Å². The third-order valence-corrected chi connectivity index (χ3v) is 4.44. The summed E-state index contributed by atoms with van der Waals surface area (Å²) < 4.78 is 5.43. The molecule has 0 saturated carbocycles. The summed E-state index contributed by atoms with van der Waals surface area (Å²) in [5.41, 5.74) is 3.23. The Morgan fingerprint density at radius 1 is 0.867 bits per heavy atom. The lowest BCUT2D eigenvalue weighted by molar-refractivity contribution is -0.140. The first-order valence-electron chi connectivity index (χ1n) is 9.59. The van der Waals surface area contributed by atoms with Crippen molar-refractivity contribution in [3.05, 3.63) is 107 Å². The molecule has 3 rings (SSSR count). The van der Waals surface area contributed by atoms with Crippen molar-refractivity contribution < 1.29 is 14.3 Å². The molecule has 1 N–H and O–H groups in total. The fourth-order valence-corrected chi connectivity index (χ4v) is 2.77. The van der Waals surface area contributed by atoms with Gasteiger partial charge in [-0.05, 0) is 41.5 Å². The second-order valence-corrected chi connectivity index (χ2v) is 6.93. The van der Waals surface area contributed by atoms with Gasteiger partial charge in [0, 0.05) is 25.3 Å². The van der Waals surface area contributed by atoms with E-state index in [1.54, 1.807) is 30.3 Å². The van der Waals surface area contributed by atoms with Gasteiger partial charge in [0.15, 0.2) is 0 Å². The summed E-state index contributed by atoms with van der Waals surface area (Å²) >= 11 is 0. The number of rotatable bonds is 7. The fraction of sp³-hybridized carbons (Fsp3) is 0.120. The molecular formula is C25H24N2O3. The van der Waals surface area contributed by atoms with E-state index in [0.29, 0.717) is 5.56 Å². The largest absolute Gasteiger partial charge is 0.456 e. The van der Waals surface area contributed by atoms with E-state index >= 15 is 0 Å². The van der Waals surface area contributed by atoms with Crippen molar-refractivity contribution >= 4 is 23.6 Å². The van der Waals surface area contributed by atoms with Crippen LogP contribution < -0.4 is 10.2 Å². The third-order valence-electron chi connectivity index (χ3n) is 4.44. The van der Waals surface area contributed by atoms with Crippen LogP contribution in [0.4, 0.5) is 5.69 Å². The maximum atomic E-state index is 12.7. The molecule has 1 amide bonds. The van der Waals surface area contributed by atoms with Gasteiger partial charge in [-0.15, -0.1) is 0 Å². The average Bonchev–Trinajstić information content (AvgIpc) is 2.78. The number of ether oxygens (including phenoxy) is 1. The van der Waals surface area contributed by atoms with Gasteiger partial charge in [0.1, 0.15) is 12.3 Å². The Labute approximate surface area is 176 Å². The lowest BCUT2D eigenvalue weighted by Crippen LogP contribution is -2.28. The molecule has 3 aromatic rings. The van der Waals surface area contributed by atoms with Crippen LogP contribution in [0.15, 0.2) is 90.6 Å². The van der Waals surface area contributed by atoms with Crippen molar-refractivity contribution in [2.24, 2.45) is 0 Å². The van der Waals surface area contributed by atoms with Gasteiger partial charge in [-0.2, -0.15) is 0 Å². The van der Waals surface area contributed by atoms with E-state index in [2.05, 4.69) is 5.32 Å². The maximum absolute atomic E-state index is 12.7. The lowest BCUT2D eigenvalue weighted by Gasteiger charge is -2.13. The summed E-state index contributed by atoms with van der Waals surface area (Å²) in [6.07, 6.45) is 1.62. The number of carbonyl (C=O) groups excluding carboxylic acids is 2. The summed E-state index contributed by atoms with van der Waals surface area (Å²) in [7, 11) is 3.91. The molecule has 0 atom stereocenters. The molecule has 0 aliphatic rings. The van der Waals surface area contributed by atoms with Crippen molar-refractivity contribution in [3.63, 3.8) is 0 Å². The molecule has 3 aromatic carbocycles. The highest BCUT2D eigenvalue weighted by Gasteiger charge is 2.16. The van der Waals surface area contributed by atoms with Crippen LogP contribution >= 0.6 is 0 Å². The van der Waals surface area contributed by atoms with Crippen molar-refractivity contribution in [1.82, 2.24) is 5.32 Å². The Morgan fingerprint density at radius 2 is 1.47 bits per heavy atom. The van der Waals surface area contributed by atoms with E-state index in [1.807, 2.05) is 79.7 Å². The molecule has 0 aliphatic carbocycles. The SMILES string of the molecule is CN(C)c1ccc(/C=C(/NC(=O)c2ccccc2)C(=O)OCc2ccccc2)cc1. The topological polar surface area (TPSA) is 58.6 Å². The van der Waals surface area contributed by atoms with Crippen molar-refractivity contribution in [3.8, 4) is 0 Å². The number of nitrogens with zero attached hydrogens (tertiary/aromatic N) is 1. The first-order chi connectivity index (χ1) is 14.5. The summed E-state index contributed by atoms with van der Waals surface area (Å²) in [4.78, 5) is 27.3. The Bertz CT molecular complexity index is 1010. The zero-order chi connectivity index (χ0) is 21.3. The molecule has 0 heterocycles. The predicted octanol–water partition coefficient (Wildman–Crippen LogP) is 4.27. The number of amides is 1. The molecular weight excluding hydrogens is 376 g/mol. The molecule has 5 nitrogen and oxygen atoms in total. The van der Waals surface area contributed by atoms with Gasteiger partial charge in [0.2, 0.25) is 0 Å². The number of esters is 1. The first kappa shape index (κ1) is 20.9. The molecule has 30 heavy (non-hydrogen) atoms. The smallest absolute Gasteiger partial charge is 0.355 e. The zero-order valence-corrected chi connectivity index (χ0v) is 17.0. The Morgan fingerprint density at radius 3 is 2.07 bits per heavy atom. The molecule has 152 valence electrons. The van der Waals surface area contributed by atoms with Gasteiger partial charge in [0.05, 0.1) is 0 Å². The number of carbonyl (C=O) groups is 2. The summed E-state index contributed by atoms with van der Waals surface area (Å²) in [5, 5.41) is 2.69. The second kappa shape index (κ2) is 10.1. The van der Waals surface area contributed by atoms with Crippen LogP contribution in [0.25, 0.3) is 6.08 Å². The van der Waals surface area contributed by atoms with Gasteiger partial charge in [0.25, 0.3) is 5.91 Å². The van der Waals surface area contributed by atoms with Gasteiger partial charge >= 0.3 is 5.97 Å². The molecule has 0 unspecified atom stereocenters. The third kappa shape index (κ3) is 5.82. The molecule has 0 aliphatic heterocycles. The quantitative estimate of drug-likeness (QED) is 0.475. The van der Waals surface area contributed by atoms with Crippen LogP contribution in [0, 0.1) is 0 Å². The minimum absolute atomic E-state index is 0.0809. The van der Waals surface area contributed by atoms with Crippen molar-refractivity contribution in [1.29, 1.82) is 0 Å². The lowest BCUT2D eigenvalue weighted by atomic mass is 10.1. The molecule has 0 fully saturated rings. The summed E-state index contributed by atoms with van der Waals surface area (Å²) in [6, 6.07) is 25.8. The predicted molar refractivity (Wildman–Crippen MR) is 119 cm³/mol. The van der Waals surface area contributed by atoms with E-state index < -0.39 is 5.97 Å². The van der Waals surface area contributed by atoms with Gasteiger partial charge < -0.3 is 15.0 Å². The van der Waals surface area contributed by atoms with Gasteiger partial charge in [-0.1, -0.05) is 60.7 Å². The minimum atomic E-state index is -0.597. The fourth-order valence-electron chi connectivity index (χ4n) is 2.77. The van der Waals surface area contributed by atoms with Crippen LogP contribution in [-0.2, 0) is 16.1 Å². The first-order valence-corrected chi connectivity index (χ1v) is 9.59. The normalized spacial score (nSPS) is 10.9.